The van der Waals surface area contributed by atoms with Crippen LogP contribution in [0.4, 0.5) is 0 Å². The molecule has 1 saturated carbocycles. The van der Waals surface area contributed by atoms with Gasteiger partial charge in [-0.2, -0.15) is 5.06 Å². The Bertz CT molecular complexity index is 1770. The summed E-state index contributed by atoms with van der Waals surface area (Å²) in [7, 11) is 3.35. The maximum atomic E-state index is 15.6. The molecule has 338 valence electrons. The van der Waals surface area contributed by atoms with Crippen LogP contribution < -0.4 is 5.32 Å². The monoisotopic (exact) mass is 852 g/mol. The second-order valence-corrected chi connectivity index (χ2v) is 18.6. The van der Waals surface area contributed by atoms with Crippen molar-refractivity contribution in [3.05, 3.63) is 41.5 Å². The van der Waals surface area contributed by atoms with E-state index in [2.05, 4.69) is 19.2 Å². The normalized spacial score (nSPS) is 28.4. The number of rotatable bonds is 19. The van der Waals surface area contributed by atoms with Crippen LogP contribution >= 0.6 is 0 Å². The Hall–Kier alpha value is -3.89. The predicted molar refractivity (Wildman–Crippen MR) is 225 cm³/mol. The molecule has 4 heterocycles. The Morgan fingerprint density at radius 2 is 1.72 bits per heavy atom. The van der Waals surface area contributed by atoms with Crippen LogP contribution in [0.25, 0.3) is 6.08 Å². The summed E-state index contributed by atoms with van der Waals surface area (Å²) in [4.78, 5) is 79.1. The SMILES string of the molecule is CCCCCC1(CCCCC)OC2C3CC4(C(=O)N5CCCC5C(=O)NC(CO)CCC(=O)OC(C)(C)C)C(ON(Cc5ccccc5C=CC(=O)N(C)C)C4C(=O)O3)C2O1. The van der Waals surface area contributed by atoms with Crippen LogP contribution in [0, 0.1) is 5.41 Å². The molecular formula is C46H68N4O11. The van der Waals surface area contributed by atoms with Crippen LogP contribution in [0.5, 0.6) is 0 Å². The number of hydrogen-bond acceptors (Lipinski definition) is 12. The molecule has 15 nitrogen and oxygen atoms in total. The number of aliphatic hydroxyl groups is 1. The van der Waals surface area contributed by atoms with Gasteiger partial charge in [0.15, 0.2) is 11.8 Å². The van der Waals surface area contributed by atoms with Gasteiger partial charge in [-0.3, -0.25) is 28.8 Å². The van der Waals surface area contributed by atoms with E-state index in [1.165, 1.54) is 11.0 Å². The second-order valence-electron chi connectivity index (χ2n) is 18.6. The molecular weight excluding hydrogens is 785 g/mol. The summed E-state index contributed by atoms with van der Waals surface area (Å²) in [6, 6.07) is 4.69. The van der Waals surface area contributed by atoms with Crippen molar-refractivity contribution in [2.75, 3.05) is 27.2 Å². The van der Waals surface area contributed by atoms with E-state index < -0.39 is 83.8 Å². The first-order valence-corrected chi connectivity index (χ1v) is 22.5. The number of amides is 3. The van der Waals surface area contributed by atoms with Crippen molar-refractivity contribution in [2.45, 2.75) is 179 Å². The number of ether oxygens (including phenoxy) is 4. The fourth-order valence-electron chi connectivity index (χ4n) is 9.74. The summed E-state index contributed by atoms with van der Waals surface area (Å²) in [5.74, 6) is -3.01. The molecule has 4 aliphatic heterocycles. The lowest BCUT2D eigenvalue weighted by Crippen LogP contribution is -2.70. The number of nitrogens with zero attached hydrogens (tertiary/aromatic N) is 3. The highest BCUT2D eigenvalue weighted by Gasteiger charge is 2.77. The molecule has 5 aliphatic rings. The molecule has 2 bridgehead atoms. The molecule has 8 atom stereocenters. The Morgan fingerprint density at radius 1 is 1.03 bits per heavy atom. The minimum atomic E-state index is -1.49. The first-order chi connectivity index (χ1) is 29.1. The number of fused-ring (bicyclic) bond motifs is 4. The van der Waals surface area contributed by atoms with E-state index in [0.29, 0.717) is 25.7 Å². The number of likely N-dealkylation sites (tertiary alicyclic amines) is 1. The number of unbranched alkanes of at least 4 members (excludes halogenated alkanes) is 4. The predicted octanol–water partition coefficient (Wildman–Crippen LogP) is 4.82. The van der Waals surface area contributed by atoms with Crippen LogP contribution in [0.3, 0.4) is 0 Å². The fourth-order valence-corrected chi connectivity index (χ4v) is 9.74. The lowest BCUT2D eigenvalue weighted by molar-refractivity contribution is -0.225. The average molecular weight is 853 g/mol. The molecule has 1 aromatic rings. The highest BCUT2D eigenvalue weighted by Crippen LogP contribution is 2.59. The highest BCUT2D eigenvalue weighted by molar-refractivity contribution is 5.97. The fraction of sp³-hybridized carbons (Fsp3) is 0.717. The lowest BCUT2D eigenvalue weighted by atomic mass is 9.62. The van der Waals surface area contributed by atoms with Gasteiger partial charge in [0.25, 0.3) is 0 Å². The second kappa shape index (κ2) is 19.7. The number of hydroxylamine groups is 2. The molecule has 1 aromatic carbocycles. The molecule has 15 heteroatoms. The van der Waals surface area contributed by atoms with Gasteiger partial charge in [-0.15, -0.1) is 0 Å². The number of nitrogens with one attached hydrogen (secondary N) is 1. The van der Waals surface area contributed by atoms with Crippen molar-refractivity contribution >= 4 is 35.7 Å². The van der Waals surface area contributed by atoms with Gasteiger partial charge >= 0.3 is 11.9 Å². The highest BCUT2D eigenvalue weighted by atomic mass is 16.8. The summed E-state index contributed by atoms with van der Waals surface area (Å²) >= 11 is 0. The summed E-state index contributed by atoms with van der Waals surface area (Å²) in [6.07, 6.45) is 8.35. The molecule has 61 heavy (non-hydrogen) atoms. The van der Waals surface area contributed by atoms with Crippen molar-refractivity contribution in [2.24, 2.45) is 5.41 Å². The summed E-state index contributed by atoms with van der Waals surface area (Å²) < 4.78 is 25.7. The maximum Gasteiger partial charge on any atom is 0.327 e. The Balaban J connectivity index is 1.33. The minimum absolute atomic E-state index is 0.00683. The molecule has 4 saturated heterocycles. The third-order valence-corrected chi connectivity index (χ3v) is 12.7. The van der Waals surface area contributed by atoms with Gasteiger partial charge in [0.2, 0.25) is 17.7 Å². The quantitative estimate of drug-likeness (QED) is 0.111. The van der Waals surface area contributed by atoms with E-state index in [-0.39, 0.29) is 44.2 Å². The molecule has 0 radical (unpaired) electrons. The number of carbonyl (C=O) groups is 5. The number of carbonyl (C=O) groups excluding carboxylic acids is 5. The van der Waals surface area contributed by atoms with Gasteiger partial charge in [0.1, 0.15) is 41.5 Å². The summed E-state index contributed by atoms with van der Waals surface area (Å²) in [5.41, 5.74) is -0.663. The van der Waals surface area contributed by atoms with Gasteiger partial charge in [-0.05, 0) is 70.1 Å². The van der Waals surface area contributed by atoms with E-state index in [0.717, 1.165) is 49.7 Å². The third kappa shape index (κ3) is 10.2. The third-order valence-electron chi connectivity index (χ3n) is 12.7. The van der Waals surface area contributed by atoms with Crippen LogP contribution in [0.15, 0.2) is 30.3 Å². The molecule has 1 aliphatic carbocycles. The van der Waals surface area contributed by atoms with Gasteiger partial charge in [0, 0.05) is 52.4 Å². The first kappa shape index (κ1) is 46.6. The Kier molecular flexibility index (Phi) is 15.0. The van der Waals surface area contributed by atoms with Crippen molar-refractivity contribution in [3.8, 4) is 0 Å². The smallest absolute Gasteiger partial charge is 0.327 e. The van der Waals surface area contributed by atoms with Crippen molar-refractivity contribution in [1.29, 1.82) is 0 Å². The van der Waals surface area contributed by atoms with E-state index in [4.69, 9.17) is 23.8 Å². The number of benzene rings is 1. The number of aliphatic hydroxyl groups excluding tert-OH is 1. The van der Waals surface area contributed by atoms with Crippen LogP contribution in [0.2, 0.25) is 0 Å². The molecule has 5 fully saturated rings. The van der Waals surface area contributed by atoms with Crippen molar-refractivity contribution < 1.29 is 52.9 Å². The molecule has 8 unspecified atom stereocenters. The van der Waals surface area contributed by atoms with Crippen LogP contribution in [-0.4, -0.2) is 131 Å². The Labute approximate surface area is 360 Å². The van der Waals surface area contributed by atoms with Crippen LogP contribution in [0.1, 0.15) is 129 Å². The number of esters is 2. The molecule has 3 amide bonds. The summed E-state index contributed by atoms with van der Waals surface area (Å²) in [5, 5.41) is 14.6. The number of likely N-dealkylation sites (N-methyl/N-ethyl adjacent to an activating group) is 1. The molecule has 0 spiro atoms. The minimum Gasteiger partial charge on any atom is -0.460 e. The zero-order valence-corrected chi connectivity index (χ0v) is 37.2. The average Bonchev–Trinajstić information content (AvgIpc) is 3.94. The maximum absolute atomic E-state index is 15.6. The largest absolute Gasteiger partial charge is 0.460 e. The molecule has 2 N–H and O–H groups in total. The molecule has 0 aromatic heterocycles. The standard InChI is InChI=1S/C46H68N4O11/c1-8-10-14-24-45(25-15-11-9-2)59-37-34-27-46(43(56)49-26-16-19-33(49)41(54)47-32(29-51)21-23-36(53)58-44(3,4)5)39(42(55)57-34)50(61-40(46)38(37)60-45)28-31-18-13-12-17-30(31)20-22-35(52)48(6)7/h12-13,17-18,20,22,32-34,37-40,51H,8-11,14-16,19,21,23-29H2,1-7H3,(H,47,54). The van der Waals surface area contributed by atoms with Gasteiger partial charge in [-0.25, -0.2) is 0 Å². The first-order valence-electron chi connectivity index (χ1n) is 22.5. The topological polar surface area (TPSA) is 173 Å². The number of hydrogen-bond donors (Lipinski definition) is 2. The lowest BCUT2D eigenvalue weighted by Gasteiger charge is -2.50. The van der Waals surface area contributed by atoms with E-state index in [9.17, 15) is 24.3 Å². The van der Waals surface area contributed by atoms with Gasteiger partial charge in [-0.1, -0.05) is 63.8 Å². The Morgan fingerprint density at radius 3 is 2.38 bits per heavy atom. The summed E-state index contributed by atoms with van der Waals surface area (Å²) in [6.45, 7) is 9.57. The molecule has 6 rings (SSSR count). The van der Waals surface area contributed by atoms with E-state index in [1.807, 2.05) is 24.3 Å². The van der Waals surface area contributed by atoms with Crippen LogP contribution in [-0.2, 0) is 54.3 Å². The van der Waals surface area contributed by atoms with Crippen molar-refractivity contribution in [1.82, 2.24) is 20.2 Å². The zero-order valence-electron chi connectivity index (χ0n) is 37.2. The van der Waals surface area contributed by atoms with E-state index >= 15 is 4.79 Å². The zero-order chi connectivity index (χ0) is 44.1. The van der Waals surface area contributed by atoms with Gasteiger partial charge in [0.05, 0.1) is 19.2 Å². The van der Waals surface area contributed by atoms with Gasteiger partial charge < -0.3 is 39.2 Å². The van der Waals surface area contributed by atoms with Crippen molar-refractivity contribution in [3.63, 3.8) is 0 Å². The van der Waals surface area contributed by atoms with E-state index in [1.54, 1.807) is 50.9 Å².